The van der Waals surface area contributed by atoms with Crippen LogP contribution in [0.2, 0.25) is 0 Å². The van der Waals surface area contributed by atoms with Crippen LogP contribution in [0.4, 0.5) is 0 Å². The molecule has 3 unspecified atom stereocenters. The molecule has 0 aromatic heterocycles. The summed E-state index contributed by atoms with van der Waals surface area (Å²) in [6, 6.07) is 0.425. The van der Waals surface area contributed by atoms with Crippen LogP contribution in [0.1, 0.15) is 19.3 Å². The molecule has 3 atom stereocenters. The molecule has 0 radical (unpaired) electrons. The molecular weight excluding hydrogens is 226 g/mol. The smallest absolute Gasteiger partial charge is 0.0895 e. The molecule has 94 valence electrons. The first kappa shape index (κ1) is 12.6. The van der Waals surface area contributed by atoms with Gasteiger partial charge < -0.3 is 20.3 Å². The molecule has 1 spiro atoms. The van der Waals surface area contributed by atoms with Gasteiger partial charge in [-0.1, -0.05) is 0 Å². The molecule has 2 aliphatic rings. The van der Waals surface area contributed by atoms with Crippen molar-refractivity contribution in [1.29, 1.82) is 0 Å². The molecule has 16 heavy (non-hydrogen) atoms. The van der Waals surface area contributed by atoms with E-state index in [2.05, 4.69) is 5.32 Å². The first-order valence-corrected chi connectivity index (χ1v) is 7.14. The number of nitrogens with one attached hydrogen (secondary N) is 1. The SMILES string of the molecule is OCC(O)CNC1CCOC2(CCSC2)C1. The van der Waals surface area contributed by atoms with E-state index in [0.717, 1.165) is 31.6 Å². The van der Waals surface area contributed by atoms with E-state index in [0.29, 0.717) is 12.6 Å². The summed E-state index contributed by atoms with van der Waals surface area (Å²) >= 11 is 1.97. The van der Waals surface area contributed by atoms with E-state index in [1.807, 2.05) is 11.8 Å². The van der Waals surface area contributed by atoms with E-state index in [4.69, 9.17) is 9.84 Å². The van der Waals surface area contributed by atoms with Crippen LogP contribution in [0.25, 0.3) is 0 Å². The Bertz CT molecular complexity index is 221. The zero-order valence-corrected chi connectivity index (χ0v) is 10.3. The topological polar surface area (TPSA) is 61.7 Å². The Morgan fingerprint density at radius 3 is 3.12 bits per heavy atom. The maximum absolute atomic E-state index is 9.30. The standard InChI is InChI=1S/C11H21NO3S/c13-7-10(14)6-12-9-1-3-15-11(5-9)2-4-16-8-11/h9-10,12-14H,1-8H2. The predicted octanol–water partition coefficient (Wildman–Crippen LogP) is -0.0161. The largest absolute Gasteiger partial charge is 0.394 e. The highest BCUT2D eigenvalue weighted by atomic mass is 32.2. The van der Waals surface area contributed by atoms with E-state index < -0.39 is 6.10 Å². The fourth-order valence-electron chi connectivity index (χ4n) is 2.43. The van der Waals surface area contributed by atoms with Crippen LogP contribution < -0.4 is 5.32 Å². The van der Waals surface area contributed by atoms with Gasteiger partial charge in [0.1, 0.15) is 0 Å². The molecular formula is C11H21NO3S. The molecule has 2 saturated heterocycles. The van der Waals surface area contributed by atoms with Crippen molar-refractivity contribution in [1.82, 2.24) is 5.32 Å². The van der Waals surface area contributed by atoms with Crippen molar-refractivity contribution in [3.63, 3.8) is 0 Å². The lowest BCUT2D eigenvalue weighted by atomic mass is 9.90. The molecule has 2 aliphatic heterocycles. The second-order valence-corrected chi connectivity index (χ2v) is 5.87. The van der Waals surface area contributed by atoms with Gasteiger partial charge in [-0.25, -0.2) is 0 Å². The quantitative estimate of drug-likeness (QED) is 0.652. The van der Waals surface area contributed by atoms with Gasteiger partial charge in [-0.2, -0.15) is 11.8 Å². The van der Waals surface area contributed by atoms with Crippen molar-refractivity contribution in [2.24, 2.45) is 0 Å². The van der Waals surface area contributed by atoms with E-state index in [-0.39, 0.29) is 12.2 Å². The minimum absolute atomic E-state index is 0.0880. The Labute approximate surface area is 101 Å². The number of hydrogen-bond donors (Lipinski definition) is 3. The van der Waals surface area contributed by atoms with Crippen LogP contribution in [0, 0.1) is 0 Å². The first-order chi connectivity index (χ1) is 7.74. The Morgan fingerprint density at radius 2 is 2.44 bits per heavy atom. The number of aliphatic hydroxyl groups excluding tert-OH is 2. The second kappa shape index (κ2) is 5.69. The highest BCUT2D eigenvalue weighted by Crippen LogP contribution is 2.38. The average Bonchev–Trinajstić information content (AvgIpc) is 2.74. The van der Waals surface area contributed by atoms with Gasteiger partial charge in [0.05, 0.1) is 18.3 Å². The van der Waals surface area contributed by atoms with Gasteiger partial charge in [0, 0.05) is 24.9 Å². The summed E-state index contributed by atoms with van der Waals surface area (Å²) in [5.74, 6) is 2.31. The monoisotopic (exact) mass is 247 g/mol. The van der Waals surface area contributed by atoms with Crippen LogP contribution in [-0.2, 0) is 4.74 Å². The fraction of sp³-hybridized carbons (Fsp3) is 1.00. The van der Waals surface area contributed by atoms with Gasteiger partial charge in [0.15, 0.2) is 0 Å². The lowest BCUT2D eigenvalue weighted by Crippen LogP contribution is -2.48. The molecule has 5 heteroatoms. The first-order valence-electron chi connectivity index (χ1n) is 5.98. The molecule has 0 aromatic rings. The highest BCUT2D eigenvalue weighted by molar-refractivity contribution is 7.99. The minimum atomic E-state index is -0.642. The summed E-state index contributed by atoms with van der Waals surface area (Å²) in [5, 5.41) is 21.4. The molecule has 3 N–H and O–H groups in total. The number of aliphatic hydroxyl groups is 2. The predicted molar refractivity (Wildman–Crippen MR) is 64.7 cm³/mol. The summed E-state index contributed by atoms with van der Waals surface area (Å²) in [5.41, 5.74) is 0.0880. The van der Waals surface area contributed by atoms with E-state index in [1.54, 1.807) is 0 Å². The van der Waals surface area contributed by atoms with Gasteiger partial charge in [0.25, 0.3) is 0 Å². The summed E-state index contributed by atoms with van der Waals surface area (Å²) in [6.45, 7) is 1.12. The Balaban J connectivity index is 1.78. The van der Waals surface area contributed by atoms with Crippen LogP contribution in [0.5, 0.6) is 0 Å². The minimum Gasteiger partial charge on any atom is -0.394 e. The van der Waals surface area contributed by atoms with Crippen molar-refractivity contribution in [2.75, 3.05) is 31.3 Å². The van der Waals surface area contributed by atoms with Gasteiger partial charge in [-0.05, 0) is 25.0 Å². The molecule has 4 nitrogen and oxygen atoms in total. The van der Waals surface area contributed by atoms with Crippen molar-refractivity contribution in [2.45, 2.75) is 37.0 Å². The maximum Gasteiger partial charge on any atom is 0.0895 e. The lowest BCUT2D eigenvalue weighted by molar-refractivity contribution is -0.0713. The van der Waals surface area contributed by atoms with E-state index in [9.17, 15) is 5.11 Å². The Morgan fingerprint density at radius 1 is 1.56 bits per heavy atom. The number of hydrogen-bond acceptors (Lipinski definition) is 5. The third kappa shape index (κ3) is 3.11. The van der Waals surface area contributed by atoms with Crippen LogP contribution in [-0.4, -0.2) is 59.2 Å². The molecule has 0 aliphatic carbocycles. The summed E-state index contributed by atoms with van der Waals surface area (Å²) in [7, 11) is 0. The lowest BCUT2D eigenvalue weighted by Gasteiger charge is -2.38. The van der Waals surface area contributed by atoms with Crippen molar-refractivity contribution >= 4 is 11.8 Å². The molecule has 2 heterocycles. The Kier molecular flexibility index (Phi) is 4.49. The number of ether oxygens (including phenoxy) is 1. The van der Waals surface area contributed by atoms with Gasteiger partial charge in [-0.15, -0.1) is 0 Å². The third-order valence-electron chi connectivity index (χ3n) is 3.41. The molecule has 0 amide bonds. The summed E-state index contributed by atoms with van der Waals surface area (Å²) in [6.07, 6.45) is 2.55. The fourth-order valence-corrected chi connectivity index (χ4v) is 3.81. The van der Waals surface area contributed by atoms with Crippen LogP contribution in [0.15, 0.2) is 0 Å². The van der Waals surface area contributed by atoms with Crippen molar-refractivity contribution < 1.29 is 14.9 Å². The molecule has 0 saturated carbocycles. The molecule has 2 fully saturated rings. The van der Waals surface area contributed by atoms with Crippen molar-refractivity contribution in [3.8, 4) is 0 Å². The van der Waals surface area contributed by atoms with Crippen molar-refractivity contribution in [3.05, 3.63) is 0 Å². The van der Waals surface area contributed by atoms with E-state index in [1.165, 1.54) is 5.75 Å². The molecule has 0 aromatic carbocycles. The van der Waals surface area contributed by atoms with E-state index >= 15 is 0 Å². The highest BCUT2D eigenvalue weighted by Gasteiger charge is 2.40. The zero-order chi connectivity index (χ0) is 11.4. The normalized spacial score (nSPS) is 36.8. The number of thioether (sulfide) groups is 1. The number of rotatable bonds is 4. The second-order valence-electron chi connectivity index (χ2n) is 4.77. The average molecular weight is 247 g/mol. The van der Waals surface area contributed by atoms with Gasteiger partial charge >= 0.3 is 0 Å². The van der Waals surface area contributed by atoms with Gasteiger partial charge in [-0.3, -0.25) is 0 Å². The van der Waals surface area contributed by atoms with Gasteiger partial charge in [0.2, 0.25) is 0 Å². The Hall–Kier alpha value is 0.190. The van der Waals surface area contributed by atoms with Crippen LogP contribution in [0.3, 0.4) is 0 Å². The summed E-state index contributed by atoms with van der Waals surface area (Å²) in [4.78, 5) is 0. The zero-order valence-electron chi connectivity index (χ0n) is 9.52. The molecule has 0 bridgehead atoms. The van der Waals surface area contributed by atoms with Crippen LogP contribution >= 0.6 is 11.8 Å². The summed E-state index contributed by atoms with van der Waals surface area (Å²) < 4.78 is 5.92. The third-order valence-corrected chi connectivity index (χ3v) is 4.64. The molecule has 2 rings (SSSR count). The maximum atomic E-state index is 9.30.